The van der Waals surface area contributed by atoms with E-state index in [1.807, 2.05) is 0 Å². The van der Waals surface area contributed by atoms with Gasteiger partial charge in [-0.2, -0.15) is 26.3 Å². The number of hydrogen-bond donors (Lipinski definition) is 0. The molecule has 0 aromatic heterocycles. The van der Waals surface area contributed by atoms with E-state index in [9.17, 15) is 41.3 Å². The van der Waals surface area contributed by atoms with E-state index in [1.54, 1.807) is 0 Å². The van der Waals surface area contributed by atoms with Crippen molar-refractivity contribution < 1.29 is 40.8 Å². The van der Waals surface area contributed by atoms with Crippen LogP contribution >= 0.6 is 0 Å². The first kappa shape index (κ1) is 16.7. The zero-order valence-electron chi connectivity index (χ0n) is 9.73. The van der Waals surface area contributed by atoms with E-state index in [0.29, 0.717) is 18.2 Å². The minimum Gasteiger partial charge on any atom is -0.471 e. The van der Waals surface area contributed by atoms with Crippen molar-refractivity contribution in [2.75, 3.05) is 0 Å². The largest absolute Gasteiger partial charge is 0.471 e. The lowest BCUT2D eigenvalue weighted by Crippen LogP contribution is -2.46. The third-order valence-corrected chi connectivity index (χ3v) is 2.17. The second-order valence-corrected chi connectivity index (χ2v) is 3.68. The maximum absolute atomic E-state index is 12.3. The average Bonchev–Trinajstić information content (AvgIpc) is 2.32. The van der Waals surface area contributed by atoms with Gasteiger partial charge < -0.3 is 4.74 Å². The molecule has 0 aliphatic heterocycles. The van der Waals surface area contributed by atoms with Crippen molar-refractivity contribution in [2.24, 2.45) is 0 Å². The molecule has 0 unspecified atom stereocenters. The van der Waals surface area contributed by atoms with E-state index in [0.717, 1.165) is 0 Å². The molecule has 0 saturated carbocycles. The molecule has 5 nitrogen and oxygen atoms in total. The second kappa shape index (κ2) is 5.58. The number of carbonyl (C=O) groups excluding carboxylic acids is 1. The van der Waals surface area contributed by atoms with Crippen LogP contribution in [0.2, 0.25) is 0 Å². The van der Waals surface area contributed by atoms with Crippen LogP contribution in [0.4, 0.5) is 32.0 Å². The number of benzene rings is 1. The lowest BCUT2D eigenvalue weighted by atomic mass is 10.2. The number of nitro benzene ring substituents is 1. The van der Waals surface area contributed by atoms with Gasteiger partial charge >= 0.3 is 12.4 Å². The lowest BCUT2D eigenvalue weighted by Gasteiger charge is -2.24. The number of hydrogen-bond acceptors (Lipinski definition) is 4. The zero-order chi connectivity index (χ0) is 16.4. The summed E-state index contributed by atoms with van der Waals surface area (Å²) in [6, 6.07) is 1.62. The van der Waals surface area contributed by atoms with Gasteiger partial charge in [-0.25, -0.2) is 0 Å². The zero-order valence-corrected chi connectivity index (χ0v) is 9.73. The molecule has 0 fully saturated rings. The van der Waals surface area contributed by atoms with Crippen molar-refractivity contribution in [3.63, 3.8) is 0 Å². The summed E-state index contributed by atoms with van der Waals surface area (Å²) < 4.78 is 77.6. The van der Waals surface area contributed by atoms with Gasteiger partial charge in [-0.05, 0) is 6.07 Å². The molecule has 0 radical (unpaired) electrons. The van der Waals surface area contributed by atoms with Crippen molar-refractivity contribution in [3.05, 3.63) is 33.9 Å². The predicted octanol–water partition coefficient (Wildman–Crippen LogP) is 3.28. The van der Waals surface area contributed by atoms with Crippen molar-refractivity contribution >= 4 is 12.0 Å². The van der Waals surface area contributed by atoms with E-state index in [2.05, 4.69) is 4.74 Å². The van der Waals surface area contributed by atoms with Crippen LogP contribution in [0.25, 0.3) is 0 Å². The molecule has 1 aromatic rings. The summed E-state index contributed by atoms with van der Waals surface area (Å²) in [7, 11) is 0. The number of ether oxygens (including phenoxy) is 1. The molecule has 0 spiro atoms. The van der Waals surface area contributed by atoms with Gasteiger partial charge in [-0.1, -0.05) is 0 Å². The van der Waals surface area contributed by atoms with E-state index in [1.165, 1.54) is 0 Å². The van der Waals surface area contributed by atoms with Crippen LogP contribution in [0.5, 0.6) is 5.75 Å². The average molecular weight is 317 g/mol. The predicted molar refractivity (Wildman–Crippen MR) is 55.0 cm³/mol. The number of alkyl halides is 6. The first-order valence-corrected chi connectivity index (χ1v) is 5.00. The Bertz CT molecular complexity index is 539. The van der Waals surface area contributed by atoms with Crippen LogP contribution in [0.1, 0.15) is 10.4 Å². The van der Waals surface area contributed by atoms with Gasteiger partial charge in [-0.15, -0.1) is 0 Å². The van der Waals surface area contributed by atoms with Crippen LogP contribution in [0, 0.1) is 10.1 Å². The summed E-state index contributed by atoms with van der Waals surface area (Å²) in [5.74, 6) is -1.06. The topological polar surface area (TPSA) is 69.4 Å². The smallest absolute Gasteiger partial charge is 0.434 e. The molecule has 116 valence electrons. The Hall–Kier alpha value is -2.33. The maximum Gasteiger partial charge on any atom is 0.434 e. The van der Waals surface area contributed by atoms with E-state index >= 15 is 0 Å². The molecule has 0 bridgehead atoms. The molecular formula is C10H5F6NO4. The highest BCUT2D eigenvalue weighted by molar-refractivity contribution is 5.80. The molecule has 0 aliphatic carbocycles. The quantitative estimate of drug-likeness (QED) is 0.370. The molecule has 0 aliphatic rings. The normalized spacial score (nSPS) is 12.3. The number of aldehydes is 1. The third kappa shape index (κ3) is 4.07. The van der Waals surface area contributed by atoms with Crippen molar-refractivity contribution in [1.82, 2.24) is 0 Å². The fourth-order valence-electron chi connectivity index (χ4n) is 1.30. The van der Waals surface area contributed by atoms with E-state index in [4.69, 9.17) is 0 Å². The molecule has 11 heteroatoms. The van der Waals surface area contributed by atoms with Gasteiger partial charge in [0.05, 0.1) is 10.5 Å². The Labute approximate surface area is 112 Å². The van der Waals surface area contributed by atoms with Crippen molar-refractivity contribution in [2.45, 2.75) is 18.5 Å². The lowest BCUT2D eigenvalue weighted by molar-refractivity contribution is -0.384. The third-order valence-electron chi connectivity index (χ3n) is 2.17. The number of non-ortho nitro benzene ring substituents is 1. The van der Waals surface area contributed by atoms with E-state index in [-0.39, 0.29) is 6.29 Å². The molecule has 1 rings (SSSR count). The molecule has 0 saturated heterocycles. The van der Waals surface area contributed by atoms with Gasteiger partial charge in [0.15, 0.2) is 6.29 Å². The standard InChI is InChI=1S/C10H5F6NO4/c11-9(12,13)8(10(14,15)16)21-7-2-1-6(17(19)20)3-5(7)4-18/h1-4,8H. The van der Waals surface area contributed by atoms with Crippen LogP contribution < -0.4 is 4.74 Å². The molecular weight excluding hydrogens is 312 g/mol. The Morgan fingerprint density at radius 3 is 2.05 bits per heavy atom. The van der Waals surface area contributed by atoms with Crippen LogP contribution in [-0.2, 0) is 0 Å². The summed E-state index contributed by atoms with van der Waals surface area (Å²) >= 11 is 0. The molecule has 21 heavy (non-hydrogen) atoms. The second-order valence-electron chi connectivity index (χ2n) is 3.68. The highest BCUT2D eigenvalue weighted by Gasteiger charge is 2.59. The first-order chi connectivity index (χ1) is 9.46. The number of halogens is 6. The highest BCUT2D eigenvalue weighted by Crippen LogP contribution is 2.37. The molecule has 0 amide bonds. The Kier molecular flexibility index (Phi) is 4.44. The fraction of sp³-hybridized carbons (Fsp3) is 0.300. The monoisotopic (exact) mass is 317 g/mol. The number of nitro groups is 1. The summed E-state index contributed by atoms with van der Waals surface area (Å²) in [4.78, 5) is 20.1. The van der Waals surface area contributed by atoms with Gasteiger partial charge in [0.2, 0.25) is 0 Å². The maximum atomic E-state index is 12.3. The molecule has 1 aromatic carbocycles. The van der Waals surface area contributed by atoms with Gasteiger partial charge in [0, 0.05) is 12.1 Å². The van der Waals surface area contributed by atoms with Crippen LogP contribution in [0.15, 0.2) is 18.2 Å². The van der Waals surface area contributed by atoms with Crippen LogP contribution in [-0.4, -0.2) is 29.7 Å². The van der Waals surface area contributed by atoms with E-state index < -0.39 is 40.4 Å². The molecule has 0 atom stereocenters. The molecule has 0 N–H and O–H groups in total. The summed E-state index contributed by atoms with van der Waals surface area (Å²) in [5.41, 5.74) is -1.48. The van der Waals surface area contributed by atoms with Gasteiger partial charge in [0.1, 0.15) is 5.75 Å². The minimum atomic E-state index is -5.76. The minimum absolute atomic E-state index is 0.147. The van der Waals surface area contributed by atoms with Crippen LogP contribution in [0.3, 0.4) is 0 Å². The number of nitrogens with zero attached hydrogens (tertiary/aromatic N) is 1. The first-order valence-electron chi connectivity index (χ1n) is 5.00. The Balaban J connectivity index is 3.22. The summed E-state index contributed by atoms with van der Waals surface area (Å²) in [6.45, 7) is 0. The number of rotatable bonds is 4. The summed E-state index contributed by atoms with van der Waals surface area (Å²) in [6.07, 6.45) is -15.8. The van der Waals surface area contributed by atoms with Gasteiger partial charge in [0.25, 0.3) is 11.8 Å². The van der Waals surface area contributed by atoms with Gasteiger partial charge in [-0.3, -0.25) is 14.9 Å². The Morgan fingerprint density at radius 2 is 1.67 bits per heavy atom. The van der Waals surface area contributed by atoms with Crippen molar-refractivity contribution in [3.8, 4) is 5.75 Å². The summed E-state index contributed by atoms with van der Waals surface area (Å²) in [5, 5.41) is 10.4. The van der Waals surface area contributed by atoms with Crippen molar-refractivity contribution in [1.29, 1.82) is 0 Å². The highest BCUT2D eigenvalue weighted by atomic mass is 19.4. The molecule has 0 heterocycles. The fourth-order valence-corrected chi connectivity index (χ4v) is 1.30. The Morgan fingerprint density at radius 1 is 1.14 bits per heavy atom. The SMILES string of the molecule is O=Cc1cc([N+](=O)[O-])ccc1OC(C(F)(F)F)C(F)(F)F. The number of carbonyl (C=O) groups is 1.